The summed E-state index contributed by atoms with van der Waals surface area (Å²) in [6.07, 6.45) is -0.0811. The summed E-state index contributed by atoms with van der Waals surface area (Å²) in [6, 6.07) is 10.6. The molecule has 0 heterocycles. The van der Waals surface area contributed by atoms with Crippen LogP contribution in [0, 0.1) is 21.4 Å². The minimum Gasteiger partial charge on any atom is -0.496 e. The third-order valence-corrected chi connectivity index (χ3v) is 3.82. The molecule has 2 amide bonds. The molecule has 0 radical (unpaired) electrons. The Morgan fingerprint density at radius 2 is 1.96 bits per heavy atom. The Morgan fingerprint density at radius 3 is 2.48 bits per heavy atom. The number of carbonyl (C=O) groups excluding carboxylic acids is 2. The van der Waals surface area contributed by atoms with E-state index in [1.54, 1.807) is 0 Å². The number of ether oxygens (including phenoxy) is 1. The number of nitrogens with zero attached hydrogens (tertiary/aromatic N) is 2. The van der Waals surface area contributed by atoms with Crippen molar-refractivity contribution in [3.05, 3.63) is 69.3 Å². The van der Waals surface area contributed by atoms with Gasteiger partial charge in [0, 0.05) is 29.7 Å². The Labute approximate surface area is 154 Å². The maximum absolute atomic E-state index is 12.3. The zero-order valence-corrected chi connectivity index (χ0v) is 14.3. The molecule has 0 aliphatic rings. The van der Waals surface area contributed by atoms with Gasteiger partial charge in [0.1, 0.15) is 11.8 Å². The molecule has 1 atom stereocenters. The van der Waals surface area contributed by atoms with Gasteiger partial charge in [-0.25, -0.2) is 0 Å². The number of nitro groups is 1. The molecular formula is C18H16N4O5. The summed E-state index contributed by atoms with van der Waals surface area (Å²) >= 11 is 0. The van der Waals surface area contributed by atoms with Gasteiger partial charge in [0.15, 0.2) is 0 Å². The number of hydrogen-bond donors (Lipinski definition) is 2. The molecule has 2 rings (SSSR count). The lowest BCUT2D eigenvalue weighted by molar-refractivity contribution is -0.384. The topological polar surface area (TPSA) is 148 Å². The van der Waals surface area contributed by atoms with Crippen molar-refractivity contribution in [1.29, 1.82) is 5.26 Å². The molecular weight excluding hydrogens is 352 g/mol. The summed E-state index contributed by atoms with van der Waals surface area (Å²) in [5, 5.41) is 22.3. The number of non-ortho nitro benzene ring substituents is 1. The zero-order chi connectivity index (χ0) is 20.0. The summed E-state index contributed by atoms with van der Waals surface area (Å²) < 4.78 is 5.16. The van der Waals surface area contributed by atoms with Crippen LogP contribution < -0.4 is 15.8 Å². The molecule has 0 aliphatic heterocycles. The number of hydrogen-bond acceptors (Lipinski definition) is 6. The minimum atomic E-state index is -1.11. The largest absolute Gasteiger partial charge is 0.496 e. The second kappa shape index (κ2) is 8.44. The number of benzene rings is 2. The van der Waals surface area contributed by atoms with E-state index in [0.717, 1.165) is 0 Å². The van der Waals surface area contributed by atoms with E-state index in [0.29, 0.717) is 16.9 Å². The van der Waals surface area contributed by atoms with E-state index >= 15 is 0 Å². The third-order valence-electron chi connectivity index (χ3n) is 3.82. The van der Waals surface area contributed by atoms with Crippen LogP contribution in [0.5, 0.6) is 5.75 Å². The minimum absolute atomic E-state index is 0.0811. The Morgan fingerprint density at radius 1 is 1.30 bits per heavy atom. The molecule has 9 heteroatoms. The summed E-state index contributed by atoms with van der Waals surface area (Å²) in [6.45, 7) is 0. The first-order valence-corrected chi connectivity index (χ1v) is 7.77. The van der Waals surface area contributed by atoms with Gasteiger partial charge >= 0.3 is 0 Å². The van der Waals surface area contributed by atoms with Gasteiger partial charge in [-0.1, -0.05) is 0 Å². The highest BCUT2D eigenvalue weighted by molar-refractivity contribution is 5.97. The lowest BCUT2D eigenvalue weighted by Crippen LogP contribution is -2.45. The number of carbonyl (C=O) groups is 2. The third kappa shape index (κ3) is 4.79. The van der Waals surface area contributed by atoms with Gasteiger partial charge in [0.05, 0.1) is 23.7 Å². The standard InChI is InChI=1S/C18H16N4O5/c1-27-16-7-6-14(22(25)26)8-13(16)9-15(17(20)23)21-18(24)12-4-2-11(10-19)3-5-12/h2-8,15H,9H2,1H3,(H2,20,23)(H,21,24)/t15-/m1/s1. The normalized spacial score (nSPS) is 11.1. The summed E-state index contributed by atoms with van der Waals surface area (Å²) in [7, 11) is 1.39. The van der Waals surface area contributed by atoms with E-state index in [2.05, 4.69) is 5.32 Å². The van der Waals surface area contributed by atoms with Gasteiger partial charge in [-0.2, -0.15) is 5.26 Å². The number of nitro benzene ring substituents is 1. The number of methoxy groups -OCH3 is 1. The summed E-state index contributed by atoms with van der Waals surface area (Å²) in [4.78, 5) is 34.5. The van der Waals surface area contributed by atoms with E-state index in [1.807, 2.05) is 6.07 Å². The van der Waals surface area contributed by atoms with Crippen LogP contribution in [0.4, 0.5) is 5.69 Å². The van der Waals surface area contributed by atoms with Crippen molar-refractivity contribution in [2.75, 3.05) is 7.11 Å². The second-order valence-electron chi connectivity index (χ2n) is 5.57. The van der Waals surface area contributed by atoms with Crippen LogP contribution in [0.25, 0.3) is 0 Å². The first-order valence-electron chi connectivity index (χ1n) is 7.77. The number of nitrogens with two attached hydrogens (primary N) is 1. The van der Waals surface area contributed by atoms with Crippen molar-refractivity contribution in [2.24, 2.45) is 5.73 Å². The molecule has 0 aliphatic carbocycles. The fraction of sp³-hybridized carbons (Fsp3) is 0.167. The predicted octanol–water partition coefficient (Wildman–Crippen LogP) is 1.30. The molecule has 0 spiro atoms. The van der Waals surface area contributed by atoms with E-state index < -0.39 is 22.8 Å². The summed E-state index contributed by atoms with van der Waals surface area (Å²) in [5.41, 5.74) is 6.19. The van der Waals surface area contributed by atoms with Gasteiger partial charge in [0.2, 0.25) is 5.91 Å². The highest BCUT2D eigenvalue weighted by atomic mass is 16.6. The maximum atomic E-state index is 12.3. The van der Waals surface area contributed by atoms with Crippen molar-refractivity contribution in [2.45, 2.75) is 12.5 Å². The number of nitrogens with one attached hydrogen (secondary N) is 1. The number of amides is 2. The van der Waals surface area contributed by atoms with E-state index in [9.17, 15) is 19.7 Å². The Bertz CT molecular complexity index is 918. The van der Waals surface area contributed by atoms with Crippen molar-refractivity contribution >= 4 is 17.5 Å². The highest BCUT2D eigenvalue weighted by Crippen LogP contribution is 2.25. The number of rotatable bonds is 7. The fourth-order valence-corrected chi connectivity index (χ4v) is 2.42. The van der Waals surface area contributed by atoms with Gasteiger partial charge in [-0.15, -0.1) is 0 Å². The lowest BCUT2D eigenvalue weighted by atomic mass is 10.0. The molecule has 2 aromatic carbocycles. The fourth-order valence-electron chi connectivity index (χ4n) is 2.42. The van der Waals surface area contributed by atoms with Gasteiger partial charge in [-0.05, 0) is 30.3 Å². The van der Waals surface area contributed by atoms with Gasteiger partial charge < -0.3 is 15.8 Å². The van der Waals surface area contributed by atoms with Gasteiger partial charge in [-0.3, -0.25) is 19.7 Å². The van der Waals surface area contributed by atoms with Crippen LogP contribution in [0.15, 0.2) is 42.5 Å². The molecule has 0 saturated carbocycles. The molecule has 0 unspecified atom stereocenters. The second-order valence-corrected chi connectivity index (χ2v) is 5.57. The van der Waals surface area contributed by atoms with E-state index in [4.69, 9.17) is 15.7 Å². The smallest absolute Gasteiger partial charge is 0.269 e. The Kier molecular flexibility index (Phi) is 6.06. The van der Waals surface area contributed by atoms with Crippen molar-refractivity contribution in [3.8, 4) is 11.8 Å². The van der Waals surface area contributed by atoms with Crippen LogP contribution in [-0.2, 0) is 11.2 Å². The Hall–Kier alpha value is -3.93. The van der Waals surface area contributed by atoms with Crippen LogP contribution >= 0.6 is 0 Å². The SMILES string of the molecule is COc1ccc([N+](=O)[O-])cc1C[C@@H](NC(=O)c1ccc(C#N)cc1)C(N)=O. The van der Waals surface area contributed by atoms with E-state index in [-0.39, 0.29) is 17.7 Å². The molecule has 27 heavy (non-hydrogen) atoms. The van der Waals surface area contributed by atoms with Crippen LogP contribution in [0.3, 0.4) is 0 Å². The molecule has 0 bridgehead atoms. The number of nitriles is 1. The van der Waals surface area contributed by atoms with Gasteiger partial charge in [0.25, 0.3) is 11.6 Å². The molecule has 3 N–H and O–H groups in total. The first-order chi connectivity index (χ1) is 12.8. The van der Waals surface area contributed by atoms with Crippen LogP contribution in [0.2, 0.25) is 0 Å². The monoisotopic (exact) mass is 368 g/mol. The van der Waals surface area contributed by atoms with E-state index in [1.165, 1.54) is 49.6 Å². The molecule has 0 fully saturated rings. The van der Waals surface area contributed by atoms with Crippen molar-refractivity contribution in [1.82, 2.24) is 5.32 Å². The average molecular weight is 368 g/mol. The maximum Gasteiger partial charge on any atom is 0.269 e. The Balaban J connectivity index is 2.24. The lowest BCUT2D eigenvalue weighted by Gasteiger charge is -2.17. The van der Waals surface area contributed by atoms with Crippen LogP contribution in [0.1, 0.15) is 21.5 Å². The molecule has 0 saturated heterocycles. The molecule has 138 valence electrons. The first kappa shape index (κ1) is 19.4. The number of primary amides is 1. The zero-order valence-electron chi connectivity index (χ0n) is 14.3. The molecule has 9 nitrogen and oxygen atoms in total. The highest BCUT2D eigenvalue weighted by Gasteiger charge is 2.22. The quantitative estimate of drug-likeness (QED) is 0.556. The van der Waals surface area contributed by atoms with Crippen molar-refractivity contribution in [3.63, 3.8) is 0 Å². The molecule has 0 aromatic heterocycles. The van der Waals surface area contributed by atoms with Crippen LogP contribution in [-0.4, -0.2) is 29.9 Å². The summed E-state index contributed by atoms with van der Waals surface area (Å²) in [5.74, 6) is -1.03. The van der Waals surface area contributed by atoms with Crippen molar-refractivity contribution < 1.29 is 19.2 Å². The average Bonchev–Trinajstić information content (AvgIpc) is 2.67. The molecule has 2 aromatic rings. The predicted molar refractivity (Wildman–Crippen MR) is 95.0 cm³/mol.